The first kappa shape index (κ1) is 21.2. The molecule has 30 heavy (non-hydrogen) atoms. The third-order valence-corrected chi connectivity index (χ3v) is 6.33. The summed E-state index contributed by atoms with van der Waals surface area (Å²) < 4.78 is 16.1. The van der Waals surface area contributed by atoms with Crippen LogP contribution in [0.2, 0.25) is 20.1 Å². The molecule has 7 heteroatoms. The Morgan fingerprint density at radius 1 is 0.800 bits per heavy atom. The molecule has 0 saturated heterocycles. The van der Waals surface area contributed by atoms with Crippen LogP contribution in [0.4, 0.5) is 4.39 Å². The fourth-order valence-corrected chi connectivity index (χ4v) is 3.98. The van der Waals surface area contributed by atoms with E-state index in [0.29, 0.717) is 25.7 Å². The van der Waals surface area contributed by atoms with Gasteiger partial charge < -0.3 is 0 Å². The van der Waals surface area contributed by atoms with Gasteiger partial charge in [-0.25, -0.2) is 4.39 Å². The van der Waals surface area contributed by atoms with E-state index in [-0.39, 0.29) is 12.4 Å². The van der Waals surface area contributed by atoms with Gasteiger partial charge in [0, 0.05) is 22.3 Å². The van der Waals surface area contributed by atoms with Gasteiger partial charge in [0.25, 0.3) is 0 Å². The molecular formula is C23H15Cl4FN2. The Kier molecular flexibility index (Phi) is 6.08. The largest absolute Gasteiger partial charge is 0.259 e. The maximum absolute atomic E-state index is 14.3. The number of aromatic nitrogens is 2. The molecule has 4 aromatic rings. The van der Waals surface area contributed by atoms with Crippen LogP contribution in [-0.4, -0.2) is 9.78 Å². The van der Waals surface area contributed by atoms with Crippen LogP contribution in [0, 0.1) is 12.7 Å². The van der Waals surface area contributed by atoms with Gasteiger partial charge in [-0.2, -0.15) is 5.10 Å². The SMILES string of the molecule is Cc1c(-c2ccc(Cl)c(Cl)c2)nn(Cc2ccccc2F)c1-c1ccc(Cl)c(Cl)c1. The maximum Gasteiger partial charge on any atom is 0.128 e. The van der Waals surface area contributed by atoms with Gasteiger partial charge in [0.15, 0.2) is 0 Å². The van der Waals surface area contributed by atoms with Crippen molar-refractivity contribution in [2.75, 3.05) is 0 Å². The second-order valence-electron chi connectivity index (χ2n) is 6.83. The van der Waals surface area contributed by atoms with E-state index in [2.05, 4.69) is 0 Å². The van der Waals surface area contributed by atoms with E-state index in [1.807, 2.05) is 19.1 Å². The van der Waals surface area contributed by atoms with E-state index in [0.717, 1.165) is 28.1 Å². The van der Waals surface area contributed by atoms with Crippen LogP contribution in [0.25, 0.3) is 22.5 Å². The summed E-state index contributed by atoms with van der Waals surface area (Å²) in [5.74, 6) is -0.290. The molecule has 3 aromatic carbocycles. The molecule has 0 fully saturated rings. The Bertz CT molecular complexity index is 1250. The Morgan fingerprint density at radius 3 is 2.03 bits per heavy atom. The summed E-state index contributed by atoms with van der Waals surface area (Å²) in [6.45, 7) is 2.21. The van der Waals surface area contributed by atoms with E-state index in [1.54, 1.807) is 47.1 Å². The molecule has 4 rings (SSSR count). The van der Waals surface area contributed by atoms with Crippen molar-refractivity contribution in [1.29, 1.82) is 0 Å². The molecule has 2 nitrogen and oxygen atoms in total. The Morgan fingerprint density at radius 2 is 1.40 bits per heavy atom. The Hall–Kier alpha value is -2.04. The zero-order valence-corrected chi connectivity index (χ0v) is 18.8. The van der Waals surface area contributed by atoms with Gasteiger partial charge in [-0.3, -0.25) is 4.68 Å². The van der Waals surface area contributed by atoms with Crippen molar-refractivity contribution in [3.8, 4) is 22.5 Å². The molecule has 1 aromatic heterocycles. The van der Waals surface area contributed by atoms with Crippen LogP contribution in [-0.2, 0) is 6.54 Å². The molecule has 152 valence electrons. The Labute approximate surface area is 193 Å². The first-order chi connectivity index (χ1) is 14.3. The number of benzene rings is 3. The van der Waals surface area contributed by atoms with Crippen LogP contribution in [0.1, 0.15) is 11.1 Å². The number of halogens is 5. The lowest BCUT2D eigenvalue weighted by atomic mass is 10.0. The van der Waals surface area contributed by atoms with Gasteiger partial charge in [-0.15, -0.1) is 0 Å². The predicted molar refractivity (Wildman–Crippen MR) is 123 cm³/mol. The third kappa shape index (κ3) is 4.08. The molecule has 0 atom stereocenters. The molecule has 0 aliphatic carbocycles. The predicted octanol–water partition coefficient (Wildman–Crippen LogP) is 8.33. The lowest BCUT2D eigenvalue weighted by Gasteiger charge is -2.10. The average molecular weight is 480 g/mol. The highest BCUT2D eigenvalue weighted by Gasteiger charge is 2.20. The van der Waals surface area contributed by atoms with Gasteiger partial charge in [0.2, 0.25) is 0 Å². The molecule has 0 unspecified atom stereocenters. The van der Waals surface area contributed by atoms with Crippen LogP contribution in [0.15, 0.2) is 60.7 Å². The molecule has 0 saturated carbocycles. The smallest absolute Gasteiger partial charge is 0.128 e. The summed E-state index contributed by atoms with van der Waals surface area (Å²) >= 11 is 24.7. The Balaban J connectivity index is 1.91. The summed E-state index contributed by atoms with van der Waals surface area (Å²) in [5.41, 5.74) is 4.63. The van der Waals surface area contributed by atoms with Crippen LogP contribution < -0.4 is 0 Å². The minimum absolute atomic E-state index is 0.254. The van der Waals surface area contributed by atoms with Crippen molar-refractivity contribution in [1.82, 2.24) is 9.78 Å². The zero-order valence-electron chi connectivity index (χ0n) is 15.8. The third-order valence-electron chi connectivity index (χ3n) is 4.85. The molecule has 1 heterocycles. The summed E-state index contributed by atoms with van der Waals surface area (Å²) in [6.07, 6.45) is 0. The average Bonchev–Trinajstić information content (AvgIpc) is 3.04. The van der Waals surface area contributed by atoms with E-state index >= 15 is 0 Å². The van der Waals surface area contributed by atoms with Crippen LogP contribution in [0.5, 0.6) is 0 Å². The minimum atomic E-state index is -0.290. The lowest BCUT2D eigenvalue weighted by Crippen LogP contribution is -2.06. The van der Waals surface area contributed by atoms with Crippen molar-refractivity contribution in [3.63, 3.8) is 0 Å². The lowest BCUT2D eigenvalue weighted by molar-refractivity contribution is 0.587. The quantitative estimate of drug-likeness (QED) is 0.287. The first-order valence-corrected chi connectivity index (χ1v) is 10.6. The molecule has 0 amide bonds. The number of hydrogen-bond donors (Lipinski definition) is 0. The van der Waals surface area contributed by atoms with E-state index < -0.39 is 0 Å². The van der Waals surface area contributed by atoms with E-state index in [1.165, 1.54) is 6.07 Å². The zero-order chi connectivity index (χ0) is 21.4. The topological polar surface area (TPSA) is 17.8 Å². The number of hydrogen-bond acceptors (Lipinski definition) is 1. The van der Waals surface area contributed by atoms with Crippen molar-refractivity contribution in [2.24, 2.45) is 0 Å². The summed E-state index contributed by atoms with van der Waals surface area (Å²) in [7, 11) is 0. The highest BCUT2D eigenvalue weighted by Crippen LogP contribution is 2.36. The normalized spacial score (nSPS) is 11.1. The van der Waals surface area contributed by atoms with E-state index in [9.17, 15) is 4.39 Å². The summed E-state index contributed by atoms with van der Waals surface area (Å²) in [4.78, 5) is 0. The van der Waals surface area contributed by atoms with Gasteiger partial charge in [-0.1, -0.05) is 76.7 Å². The fourth-order valence-electron chi connectivity index (χ4n) is 3.38. The van der Waals surface area contributed by atoms with Crippen LogP contribution in [0.3, 0.4) is 0 Å². The maximum atomic E-state index is 14.3. The van der Waals surface area contributed by atoms with Crippen molar-refractivity contribution in [2.45, 2.75) is 13.5 Å². The van der Waals surface area contributed by atoms with Gasteiger partial charge in [-0.05, 0) is 37.3 Å². The second kappa shape index (κ2) is 8.60. The van der Waals surface area contributed by atoms with Crippen molar-refractivity contribution < 1.29 is 4.39 Å². The molecular weight excluding hydrogens is 465 g/mol. The standard InChI is InChI=1S/C23H15Cl4FN2/c1-13-22(14-6-8-17(24)19(26)10-14)29-30(12-16-4-2-3-5-21(16)28)23(13)15-7-9-18(25)20(27)11-15/h2-11H,12H2,1H3. The summed E-state index contributed by atoms with van der Waals surface area (Å²) in [5, 5.41) is 6.59. The van der Waals surface area contributed by atoms with Gasteiger partial charge >= 0.3 is 0 Å². The molecule has 0 spiro atoms. The fraction of sp³-hybridized carbons (Fsp3) is 0.0870. The number of rotatable bonds is 4. The highest BCUT2D eigenvalue weighted by atomic mass is 35.5. The van der Waals surface area contributed by atoms with Crippen molar-refractivity contribution in [3.05, 3.63) is 97.7 Å². The molecule has 0 bridgehead atoms. The summed E-state index contributed by atoms with van der Waals surface area (Å²) in [6, 6.07) is 17.4. The van der Waals surface area contributed by atoms with Gasteiger partial charge in [0.05, 0.1) is 38.0 Å². The van der Waals surface area contributed by atoms with E-state index in [4.69, 9.17) is 51.5 Å². The molecule has 0 radical (unpaired) electrons. The second-order valence-corrected chi connectivity index (χ2v) is 8.46. The minimum Gasteiger partial charge on any atom is -0.259 e. The highest BCUT2D eigenvalue weighted by molar-refractivity contribution is 6.42. The van der Waals surface area contributed by atoms with Crippen LogP contribution >= 0.6 is 46.4 Å². The van der Waals surface area contributed by atoms with Crippen molar-refractivity contribution >= 4 is 46.4 Å². The van der Waals surface area contributed by atoms with Gasteiger partial charge in [0.1, 0.15) is 5.82 Å². The monoisotopic (exact) mass is 478 g/mol. The first-order valence-electron chi connectivity index (χ1n) is 9.07. The molecule has 0 aliphatic heterocycles. The number of nitrogens with zero attached hydrogens (tertiary/aromatic N) is 2. The molecule has 0 aliphatic rings. The molecule has 0 N–H and O–H groups in total.